The molecular weight excluding hydrogens is 313 g/mol. The molecule has 0 atom stereocenters. The largest absolute Gasteiger partial charge is 0.360 e. The Morgan fingerprint density at radius 2 is 1.88 bits per heavy atom. The van der Waals surface area contributed by atoms with E-state index in [-0.39, 0.29) is 23.8 Å². The number of nitro groups is 1. The molecular formula is C17H18FN3O3. The Balaban J connectivity index is 2.18. The fraction of sp³-hybridized carbons (Fsp3) is 0.235. The van der Waals surface area contributed by atoms with Gasteiger partial charge in [0.25, 0.3) is 5.69 Å². The number of nitro benzene ring substituents is 1. The van der Waals surface area contributed by atoms with E-state index < -0.39 is 10.7 Å². The number of nitrogens with zero attached hydrogens (tertiary/aromatic N) is 2. The van der Waals surface area contributed by atoms with Crippen LogP contribution in [0.1, 0.15) is 11.1 Å². The molecule has 0 fully saturated rings. The molecule has 1 amide bonds. The number of halogens is 1. The van der Waals surface area contributed by atoms with Crippen LogP contribution in [-0.4, -0.2) is 24.4 Å². The Labute approximate surface area is 139 Å². The van der Waals surface area contributed by atoms with Crippen LogP contribution in [0.2, 0.25) is 0 Å². The lowest BCUT2D eigenvalue weighted by Gasteiger charge is -2.19. The predicted molar refractivity (Wildman–Crippen MR) is 90.9 cm³/mol. The van der Waals surface area contributed by atoms with Crippen molar-refractivity contribution in [1.29, 1.82) is 0 Å². The van der Waals surface area contributed by atoms with Crippen LogP contribution in [0.5, 0.6) is 0 Å². The molecule has 6 nitrogen and oxygen atoms in total. The first-order valence-corrected chi connectivity index (χ1v) is 7.30. The third kappa shape index (κ3) is 3.87. The molecule has 2 aromatic rings. The Bertz CT molecular complexity index is 772. The molecule has 0 aliphatic heterocycles. The van der Waals surface area contributed by atoms with Crippen molar-refractivity contribution in [2.24, 2.45) is 0 Å². The van der Waals surface area contributed by atoms with Crippen molar-refractivity contribution >= 4 is 23.0 Å². The summed E-state index contributed by atoms with van der Waals surface area (Å²) in [6.45, 7) is 3.62. The normalized spacial score (nSPS) is 10.3. The standard InChI is InChI=1S/C17H18FN3O3/c1-11-5-4-6-12(2)17(11)19-16(22)10-20(3)15-9-13(18)7-8-14(15)21(23)24/h4-9H,10H2,1-3H3,(H,19,22). The van der Waals surface area contributed by atoms with E-state index in [4.69, 9.17) is 0 Å². The van der Waals surface area contributed by atoms with Crippen LogP contribution in [0.25, 0.3) is 0 Å². The zero-order valence-corrected chi connectivity index (χ0v) is 13.7. The van der Waals surface area contributed by atoms with Gasteiger partial charge in [-0.05, 0) is 31.0 Å². The van der Waals surface area contributed by atoms with Gasteiger partial charge in [-0.2, -0.15) is 0 Å². The molecule has 7 heteroatoms. The minimum atomic E-state index is -0.603. The summed E-state index contributed by atoms with van der Waals surface area (Å²) in [6.07, 6.45) is 0. The molecule has 0 saturated heterocycles. The highest BCUT2D eigenvalue weighted by Crippen LogP contribution is 2.28. The van der Waals surface area contributed by atoms with Gasteiger partial charge < -0.3 is 10.2 Å². The van der Waals surface area contributed by atoms with Gasteiger partial charge in [0.15, 0.2) is 0 Å². The van der Waals surface area contributed by atoms with E-state index in [1.54, 1.807) is 0 Å². The van der Waals surface area contributed by atoms with Gasteiger partial charge in [0.05, 0.1) is 11.5 Å². The van der Waals surface area contributed by atoms with Gasteiger partial charge in [0, 0.05) is 24.9 Å². The monoisotopic (exact) mass is 331 g/mol. The first-order valence-electron chi connectivity index (χ1n) is 7.30. The van der Waals surface area contributed by atoms with Gasteiger partial charge in [-0.3, -0.25) is 14.9 Å². The highest BCUT2D eigenvalue weighted by atomic mass is 19.1. The maximum Gasteiger partial charge on any atom is 0.292 e. The highest BCUT2D eigenvalue weighted by molar-refractivity contribution is 5.95. The summed E-state index contributed by atoms with van der Waals surface area (Å²) in [5, 5.41) is 13.9. The Hall–Kier alpha value is -2.96. The number of amides is 1. The summed E-state index contributed by atoms with van der Waals surface area (Å²) in [7, 11) is 1.51. The molecule has 126 valence electrons. The first kappa shape index (κ1) is 17.4. The smallest absolute Gasteiger partial charge is 0.292 e. The number of para-hydroxylation sites is 1. The van der Waals surface area contributed by atoms with E-state index in [0.717, 1.165) is 29.3 Å². The van der Waals surface area contributed by atoms with Crippen LogP contribution in [0.15, 0.2) is 36.4 Å². The summed E-state index contributed by atoms with van der Waals surface area (Å²) >= 11 is 0. The average Bonchev–Trinajstić information content (AvgIpc) is 2.50. The average molecular weight is 331 g/mol. The summed E-state index contributed by atoms with van der Waals surface area (Å²) in [5.41, 5.74) is 2.35. The zero-order chi connectivity index (χ0) is 17.9. The molecule has 0 saturated carbocycles. The number of rotatable bonds is 5. The number of likely N-dealkylation sites (N-methyl/N-ethyl adjacent to an activating group) is 1. The van der Waals surface area contributed by atoms with E-state index >= 15 is 0 Å². The van der Waals surface area contributed by atoms with Gasteiger partial charge in [0.1, 0.15) is 11.5 Å². The Kier molecular flexibility index (Phi) is 5.13. The van der Waals surface area contributed by atoms with Gasteiger partial charge in [-0.15, -0.1) is 0 Å². The number of nitrogens with one attached hydrogen (secondary N) is 1. The summed E-state index contributed by atoms with van der Waals surface area (Å²) in [4.78, 5) is 24.1. The molecule has 0 spiro atoms. The lowest BCUT2D eigenvalue weighted by Crippen LogP contribution is -2.31. The second kappa shape index (κ2) is 7.08. The van der Waals surface area contributed by atoms with E-state index in [0.29, 0.717) is 5.69 Å². The van der Waals surface area contributed by atoms with Crippen LogP contribution in [-0.2, 0) is 4.79 Å². The molecule has 2 aromatic carbocycles. The molecule has 0 radical (unpaired) electrons. The summed E-state index contributed by atoms with van der Waals surface area (Å²) in [6, 6.07) is 8.80. The topological polar surface area (TPSA) is 75.5 Å². The number of hydrogen-bond acceptors (Lipinski definition) is 4. The molecule has 0 aliphatic carbocycles. The van der Waals surface area contributed by atoms with Crippen molar-refractivity contribution in [1.82, 2.24) is 0 Å². The van der Waals surface area contributed by atoms with Crippen LogP contribution in [0, 0.1) is 29.8 Å². The number of carbonyl (C=O) groups excluding carboxylic acids is 1. The van der Waals surface area contributed by atoms with Crippen LogP contribution >= 0.6 is 0 Å². The van der Waals surface area contributed by atoms with Crippen molar-refractivity contribution in [3.8, 4) is 0 Å². The van der Waals surface area contributed by atoms with Gasteiger partial charge in [0.2, 0.25) is 5.91 Å². The molecule has 0 aromatic heterocycles. The van der Waals surface area contributed by atoms with Crippen molar-refractivity contribution in [2.45, 2.75) is 13.8 Å². The zero-order valence-electron chi connectivity index (χ0n) is 13.7. The van der Waals surface area contributed by atoms with Crippen molar-refractivity contribution in [3.63, 3.8) is 0 Å². The molecule has 24 heavy (non-hydrogen) atoms. The van der Waals surface area contributed by atoms with E-state index in [1.807, 2.05) is 32.0 Å². The highest BCUT2D eigenvalue weighted by Gasteiger charge is 2.20. The van der Waals surface area contributed by atoms with E-state index in [9.17, 15) is 19.3 Å². The maximum absolute atomic E-state index is 13.4. The molecule has 2 rings (SSSR count). The van der Waals surface area contributed by atoms with Crippen molar-refractivity contribution in [3.05, 3.63) is 63.5 Å². The summed E-state index contributed by atoms with van der Waals surface area (Å²) in [5.74, 6) is -0.939. The molecule has 0 bridgehead atoms. The minimum Gasteiger partial charge on any atom is -0.360 e. The molecule has 1 N–H and O–H groups in total. The second-order valence-corrected chi connectivity index (χ2v) is 5.56. The summed E-state index contributed by atoms with van der Waals surface area (Å²) < 4.78 is 13.4. The predicted octanol–water partition coefficient (Wildman–Crippen LogP) is 3.43. The van der Waals surface area contributed by atoms with Gasteiger partial charge in [-0.1, -0.05) is 18.2 Å². The third-order valence-electron chi connectivity index (χ3n) is 3.67. The van der Waals surface area contributed by atoms with Crippen LogP contribution in [0.3, 0.4) is 0 Å². The fourth-order valence-electron chi connectivity index (χ4n) is 2.45. The van der Waals surface area contributed by atoms with Gasteiger partial charge >= 0.3 is 0 Å². The van der Waals surface area contributed by atoms with Crippen molar-refractivity contribution in [2.75, 3.05) is 23.8 Å². The number of anilines is 2. The quantitative estimate of drug-likeness (QED) is 0.673. The third-order valence-corrected chi connectivity index (χ3v) is 3.67. The molecule has 0 unspecified atom stereocenters. The number of carbonyl (C=O) groups is 1. The van der Waals surface area contributed by atoms with E-state index in [1.165, 1.54) is 11.9 Å². The van der Waals surface area contributed by atoms with Crippen LogP contribution in [0.4, 0.5) is 21.5 Å². The maximum atomic E-state index is 13.4. The Morgan fingerprint density at radius 1 is 1.25 bits per heavy atom. The van der Waals surface area contributed by atoms with Gasteiger partial charge in [-0.25, -0.2) is 4.39 Å². The van der Waals surface area contributed by atoms with Crippen LogP contribution < -0.4 is 10.2 Å². The number of aryl methyl sites for hydroxylation is 2. The van der Waals surface area contributed by atoms with E-state index in [2.05, 4.69) is 5.32 Å². The lowest BCUT2D eigenvalue weighted by molar-refractivity contribution is -0.384. The number of hydrogen-bond donors (Lipinski definition) is 1. The molecule has 0 heterocycles. The second-order valence-electron chi connectivity index (χ2n) is 5.56. The Morgan fingerprint density at radius 3 is 2.46 bits per heavy atom. The lowest BCUT2D eigenvalue weighted by atomic mass is 10.1. The first-order chi connectivity index (χ1) is 11.3. The SMILES string of the molecule is Cc1cccc(C)c1NC(=O)CN(C)c1cc(F)ccc1[N+](=O)[O-]. The number of benzene rings is 2. The fourth-order valence-corrected chi connectivity index (χ4v) is 2.45. The minimum absolute atomic E-state index is 0.0525. The molecule has 0 aliphatic rings. The van der Waals surface area contributed by atoms with Crippen molar-refractivity contribution < 1.29 is 14.1 Å².